The summed E-state index contributed by atoms with van der Waals surface area (Å²) in [5, 5.41) is 3.55. The molecule has 1 heteroatoms. The van der Waals surface area contributed by atoms with E-state index in [1.807, 2.05) is 0 Å². The normalized spacial score (nSPS) is 19.2. The lowest BCUT2D eigenvalue weighted by molar-refractivity contribution is 0.504. The maximum absolute atomic E-state index is 3.55. The van der Waals surface area contributed by atoms with Gasteiger partial charge in [0.1, 0.15) is 0 Å². The van der Waals surface area contributed by atoms with E-state index >= 15 is 0 Å². The molecule has 0 heterocycles. The SMILES string of the molecule is CCCc1ccc(NCC2CC=CCC2)cc1. The average Bonchev–Trinajstić information content (AvgIpc) is 2.40. The first-order chi connectivity index (χ1) is 8.38. The number of anilines is 1. The van der Waals surface area contributed by atoms with Gasteiger partial charge in [-0.15, -0.1) is 0 Å². The predicted octanol–water partition coefficient (Wildman–Crippen LogP) is 4.41. The highest BCUT2D eigenvalue weighted by Gasteiger charge is 2.08. The molecule has 1 aromatic carbocycles. The molecule has 1 atom stereocenters. The van der Waals surface area contributed by atoms with Gasteiger partial charge in [0.25, 0.3) is 0 Å². The molecule has 2 rings (SSSR count). The van der Waals surface area contributed by atoms with Crippen LogP contribution >= 0.6 is 0 Å². The summed E-state index contributed by atoms with van der Waals surface area (Å²) in [5.74, 6) is 0.815. The smallest absolute Gasteiger partial charge is 0.0340 e. The second-order valence-corrected chi connectivity index (χ2v) is 4.98. The van der Waals surface area contributed by atoms with E-state index in [2.05, 4.69) is 48.7 Å². The van der Waals surface area contributed by atoms with Crippen LogP contribution in [0.3, 0.4) is 0 Å². The van der Waals surface area contributed by atoms with Crippen molar-refractivity contribution in [3.8, 4) is 0 Å². The van der Waals surface area contributed by atoms with Crippen LogP contribution in [0.4, 0.5) is 5.69 Å². The molecule has 0 amide bonds. The van der Waals surface area contributed by atoms with Gasteiger partial charge in [-0.3, -0.25) is 0 Å². The van der Waals surface area contributed by atoms with E-state index in [-0.39, 0.29) is 0 Å². The number of hydrogen-bond donors (Lipinski definition) is 1. The zero-order valence-electron chi connectivity index (χ0n) is 10.8. The predicted molar refractivity (Wildman–Crippen MR) is 75.4 cm³/mol. The standard InChI is InChI=1S/C16H23N/c1-2-6-14-9-11-16(12-10-14)17-13-15-7-4-3-5-8-15/h3-4,9-12,15,17H,2,5-8,13H2,1H3. The molecule has 1 unspecified atom stereocenters. The van der Waals surface area contributed by atoms with Gasteiger partial charge in [-0.2, -0.15) is 0 Å². The minimum atomic E-state index is 0.815. The van der Waals surface area contributed by atoms with Crippen molar-refractivity contribution in [2.45, 2.75) is 39.0 Å². The van der Waals surface area contributed by atoms with Crippen LogP contribution in [-0.4, -0.2) is 6.54 Å². The van der Waals surface area contributed by atoms with Crippen LogP contribution in [0.15, 0.2) is 36.4 Å². The summed E-state index contributed by atoms with van der Waals surface area (Å²) in [4.78, 5) is 0. The van der Waals surface area contributed by atoms with Gasteiger partial charge in [0.05, 0.1) is 0 Å². The lowest BCUT2D eigenvalue weighted by atomic mass is 9.94. The van der Waals surface area contributed by atoms with Gasteiger partial charge in [-0.25, -0.2) is 0 Å². The topological polar surface area (TPSA) is 12.0 Å². The number of hydrogen-bond acceptors (Lipinski definition) is 1. The van der Waals surface area contributed by atoms with E-state index in [1.54, 1.807) is 0 Å². The Balaban J connectivity index is 1.80. The molecule has 0 bridgehead atoms. The van der Waals surface area contributed by atoms with Crippen LogP contribution in [0, 0.1) is 5.92 Å². The van der Waals surface area contributed by atoms with E-state index < -0.39 is 0 Å². The zero-order valence-corrected chi connectivity index (χ0v) is 10.8. The van der Waals surface area contributed by atoms with Gasteiger partial charge in [0.15, 0.2) is 0 Å². The number of aryl methyl sites for hydroxylation is 1. The number of nitrogens with one attached hydrogen (secondary N) is 1. The molecule has 0 radical (unpaired) electrons. The Morgan fingerprint density at radius 3 is 2.65 bits per heavy atom. The monoisotopic (exact) mass is 229 g/mol. The van der Waals surface area contributed by atoms with Crippen molar-refractivity contribution in [1.82, 2.24) is 0 Å². The summed E-state index contributed by atoms with van der Waals surface area (Å²) >= 11 is 0. The Hall–Kier alpha value is -1.24. The fraction of sp³-hybridized carbons (Fsp3) is 0.500. The Bertz CT molecular complexity index is 350. The molecule has 1 aliphatic rings. The first-order valence-electron chi connectivity index (χ1n) is 6.86. The molecule has 1 aliphatic carbocycles. The van der Waals surface area contributed by atoms with Crippen molar-refractivity contribution in [3.63, 3.8) is 0 Å². The van der Waals surface area contributed by atoms with Crippen molar-refractivity contribution >= 4 is 5.69 Å². The quantitative estimate of drug-likeness (QED) is 0.738. The van der Waals surface area contributed by atoms with Gasteiger partial charge in [0.2, 0.25) is 0 Å². The Morgan fingerprint density at radius 1 is 1.18 bits per heavy atom. The molecular weight excluding hydrogens is 206 g/mol. The van der Waals surface area contributed by atoms with E-state index in [1.165, 1.54) is 43.4 Å². The Morgan fingerprint density at radius 2 is 2.00 bits per heavy atom. The number of benzene rings is 1. The molecular formula is C16H23N. The summed E-state index contributed by atoms with van der Waals surface area (Å²) in [6.45, 7) is 3.33. The van der Waals surface area contributed by atoms with Gasteiger partial charge in [-0.05, 0) is 49.3 Å². The Labute approximate surface area is 105 Å². The summed E-state index contributed by atoms with van der Waals surface area (Å²) in [6, 6.07) is 8.91. The molecule has 0 saturated carbocycles. The van der Waals surface area contributed by atoms with Crippen LogP contribution in [0.5, 0.6) is 0 Å². The maximum Gasteiger partial charge on any atom is 0.0340 e. The van der Waals surface area contributed by atoms with Gasteiger partial charge in [0, 0.05) is 12.2 Å². The van der Waals surface area contributed by atoms with Crippen LogP contribution in [-0.2, 0) is 6.42 Å². The first-order valence-corrected chi connectivity index (χ1v) is 6.86. The highest BCUT2D eigenvalue weighted by atomic mass is 14.9. The zero-order chi connectivity index (χ0) is 11.9. The molecule has 0 fully saturated rings. The molecule has 1 aromatic rings. The molecule has 0 aromatic heterocycles. The highest BCUT2D eigenvalue weighted by molar-refractivity contribution is 5.44. The molecule has 92 valence electrons. The summed E-state index contributed by atoms with van der Waals surface area (Å²) in [7, 11) is 0. The fourth-order valence-electron chi connectivity index (χ4n) is 2.38. The van der Waals surface area contributed by atoms with Crippen molar-refractivity contribution in [2.75, 3.05) is 11.9 Å². The van der Waals surface area contributed by atoms with Crippen LogP contribution < -0.4 is 5.32 Å². The molecule has 17 heavy (non-hydrogen) atoms. The van der Waals surface area contributed by atoms with E-state index in [4.69, 9.17) is 0 Å². The summed E-state index contributed by atoms with van der Waals surface area (Å²) in [6.07, 6.45) is 10.9. The summed E-state index contributed by atoms with van der Waals surface area (Å²) in [5.41, 5.74) is 2.71. The largest absolute Gasteiger partial charge is 0.385 e. The van der Waals surface area contributed by atoms with E-state index in [0.717, 1.165) is 12.5 Å². The average molecular weight is 229 g/mol. The Kier molecular flexibility index (Phi) is 4.66. The second kappa shape index (κ2) is 6.48. The van der Waals surface area contributed by atoms with Crippen molar-refractivity contribution in [2.24, 2.45) is 5.92 Å². The van der Waals surface area contributed by atoms with Crippen LogP contribution in [0.2, 0.25) is 0 Å². The molecule has 0 saturated heterocycles. The second-order valence-electron chi connectivity index (χ2n) is 4.98. The third-order valence-corrected chi connectivity index (χ3v) is 3.47. The van der Waals surface area contributed by atoms with E-state index in [9.17, 15) is 0 Å². The van der Waals surface area contributed by atoms with Crippen LogP contribution in [0.1, 0.15) is 38.2 Å². The maximum atomic E-state index is 3.55. The molecule has 0 aliphatic heterocycles. The van der Waals surface area contributed by atoms with Crippen molar-refractivity contribution in [1.29, 1.82) is 0 Å². The third-order valence-electron chi connectivity index (χ3n) is 3.47. The highest BCUT2D eigenvalue weighted by Crippen LogP contribution is 2.19. The van der Waals surface area contributed by atoms with Gasteiger partial charge < -0.3 is 5.32 Å². The van der Waals surface area contributed by atoms with Gasteiger partial charge in [-0.1, -0.05) is 37.6 Å². The fourth-order valence-corrected chi connectivity index (χ4v) is 2.38. The third kappa shape index (κ3) is 3.92. The van der Waals surface area contributed by atoms with Crippen molar-refractivity contribution in [3.05, 3.63) is 42.0 Å². The van der Waals surface area contributed by atoms with Crippen LogP contribution in [0.25, 0.3) is 0 Å². The van der Waals surface area contributed by atoms with E-state index in [0.29, 0.717) is 0 Å². The van der Waals surface area contributed by atoms with Crippen molar-refractivity contribution < 1.29 is 0 Å². The molecule has 0 spiro atoms. The minimum Gasteiger partial charge on any atom is -0.385 e. The number of allylic oxidation sites excluding steroid dienone is 2. The lowest BCUT2D eigenvalue weighted by Crippen LogP contribution is -2.15. The molecule has 1 N–H and O–H groups in total. The minimum absolute atomic E-state index is 0.815. The molecule has 1 nitrogen and oxygen atoms in total. The lowest BCUT2D eigenvalue weighted by Gasteiger charge is -2.18. The summed E-state index contributed by atoms with van der Waals surface area (Å²) < 4.78 is 0. The number of rotatable bonds is 5. The van der Waals surface area contributed by atoms with Gasteiger partial charge >= 0.3 is 0 Å². The first kappa shape index (κ1) is 12.2.